The van der Waals surface area contributed by atoms with Gasteiger partial charge >= 0.3 is 6.18 Å². The first-order valence-corrected chi connectivity index (χ1v) is 7.52. The normalized spacial score (nSPS) is 25.4. The molecule has 1 atom stereocenters. The highest BCUT2D eigenvalue weighted by Gasteiger charge is 2.48. The van der Waals surface area contributed by atoms with Crippen LogP contribution in [-0.2, 0) is 4.79 Å². The van der Waals surface area contributed by atoms with Gasteiger partial charge in [-0.2, -0.15) is 13.2 Å². The molecule has 0 bridgehead atoms. The SMILES string of the molecule is CC(C)(CN1CCN(C(=O)C2CCCN2)CC1)C(F)(F)F. The van der Waals surface area contributed by atoms with Crippen molar-refractivity contribution < 1.29 is 18.0 Å². The number of nitrogens with zero attached hydrogens (tertiary/aromatic N) is 2. The van der Waals surface area contributed by atoms with Gasteiger partial charge in [0.1, 0.15) is 0 Å². The average molecular weight is 307 g/mol. The second kappa shape index (κ2) is 6.12. The number of halogens is 3. The quantitative estimate of drug-likeness (QED) is 0.858. The van der Waals surface area contributed by atoms with Crippen molar-refractivity contribution in [3.8, 4) is 0 Å². The van der Waals surface area contributed by atoms with Gasteiger partial charge in [-0.05, 0) is 33.2 Å². The summed E-state index contributed by atoms with van der Waals surface area (Å²) in [7, 11) is 0. The monoisotopic (exact) mass is 307 g/mol. The van der Waals surface area contributed by atoms with Crippen molar-refractivity contribution in [1.82, 2.24) is 15.1 Å². The van der Waals surface area contributed by atoms with Gasteiger partial charge in [0.2, 0.25) is 5.91 Å². The molecular formula is C14H24F3N3O. The third kappa shape index (κ3) is 3.88. The van der Waals surface area contributed by atoms with Crippen LogP contribution in [0, 0.1) is 5.41 Å². The van der Waals surface area contributed by atoms with Crippen LogP contribution in [0.25, 0.3) is 0 Å². The maximum absolute atomic E-state index is 12.9. The predicted octanol–water partition coefficient (Wildman–Crippen LogP) is 1.47. The van der Waals surface area contributed by atoms with Gasteiger partial charge in [-0.3, -0.25) is 9.69 Å². The maximum atomic E-state index is 12.9. The molecule has 4 nitrogen and oxygen atoms in total. The number of rotatable bonds is 3. The van der Waals surface area contributed by atoms with E-state index in [4.69, 9.17) is 0 Å². The second-order valence-electron chi connectivity index (χ2n) is 6.63. The maximum Gasteiger partial charge on any atom is 0.395 e. The van der Waals surface area contributed by atoms with E-state index >= 15 is 0 Å². The molecule has 0 aromatic rings. The number of hydrogen-bond donors (Lipinski definition) is 1. The Balaban J connectivity index is 1.82. The minimum absolute atomic E-state index is 0.0137. The molecule has 2 rings (SSSR count). The van der Waals surface area contributed by atoms with Crippen LogP contribution in [0.5, 0.6) is 0 Å². The molecular weight excluding hydrogens is 283 g/mol. The van der Waals surface area contributed by atoms with Crippen molar-refractivity contribution in [2.75, 3.05) is 39.3 Å². The molecule has 0 aliphatic carbocycles. The first-order valence-electron chi connectivity index (χ1n) is 7.52. The second-order valence-corrected chi connectivity index (χ2v) is 6.63. The Morgan fingerprint density at radius 1 is 1.19 bits per heavy atom. The minimum atomic E-state index is -4.20. The number of amides is 1. The molecule has 0 aromatic carbocycles. The molecule has 7 heteroatoms. The largest absolute Gasteiger partial charge is 0.395 e. The van der Waals surface area contributed by atoms with Crippen molar-refractivity contribution in [3.63, 3.8) is 0 Å². The molecule has 1 N–H and O–H groups in total. The van der Waals surface area contributed by atoms with E-state index in [2.05, 4.69) is 5.32 Å². The van der Waals surface area contributed by atoms with E-state index in [1.54, 1.807) is 9.80 Å². The Kier molecular flexibility index (Phi) is 4.82. The van der Waals surface area contributed by atoms with Crippen molar-refractivity contribution in [3.05, 3.63) is 0 Å². The van der Waals surface area contributed by atoms with Crippen LogP contribution in [0.4, 0.5) is 13.2 Å². The lowest BCUT2D eigenvalue weighted by atomic mass is 9.91. The minimum Gasteiger partial charge on any atom is -0.339 e. The lowest BCUT2D eigenvalue weighted by molar-refractivity contribution is -0.217. The molecule has 0 saturated carbocycles. The van der Waals surface area contributed by atoms with E-state index in [1.165, 1.54) is 13.8 Å². The Bertz CT molecular complexity index is 370. The van der Waals surface area contributed by atoms with Crippen molar-refractivity contribution in [2.45, 2.75) is 38.9 Å². The first-order chi connectivity index (χ1) is 9.71. The molecule has 0 spiro atoms. The third-order valence-electron chi connectivity index (χ3n) is 4.43. The highest BCUT2D eigenvalue weighted by Crippen LogP contribution is 2.38. The van der Waals surface area contributed by atoms with Crippen molar-refractivity contribution in [2.24, 2.45) is 5.41 Å². The smallest absolute Gasteiger partial charge is 0.339 e. The number of piperazine rings is 1. The van der Waals surface area contributed by atoms with E-state index < -0.39 is 11.6 Å². The van der Waals surface area contributed by atoms with Crippen LogP contribution in [0.15, 0.2) is 0 Å². The molecule has 2 heterocycles. The molecule has 21 heavy (non-hydrogen) atoms. The Labute approximate surface area is 123 Å². The zero-order valence-corrected chi connectivity index (χ0v) is 12.7. The highest BCUT2D eigenvalue weighted by molar-refractivity contribution is 5.82. The van der Waals surface area contributed by atoms with E-state index in [0.29, 0.717) is 26.2 Å². The summed E-state index contributed by atoms with van der Waals surface area (Å²) in [6.07, 6.45) is -2.33. The summed E-state index contributed by atoms with van der Waals surface area (Å²) in [5, 5.41) is 3.17. The molecule has 2 aliphatic heterocycles. The van der Waals surface area contributed by atoms with E-state index in [1.807, 2.05) is 0 Å². The van der Waals surface area contributed by atoms with Gasteiger partial charge in [0.25, 0.3) is 0 Å². The van der Waals surface area contributed by atoms with Crippen molar-refractivity contribution in [1.29, 1.82) is 0 Å². The number of carbonyl (C=O) groups excluding carboxylic acids is 1. The Morgan fingerprint density at radius 2 is 1.81 bits per heavy atom. The van der Waals surface area contributed by atoms with Gasteiger partial charge in [0.05, 0.1) is 11.5 Å². The molecule has 2 fully saturated rings. The van der Waals surface area contributed by atoms with Gasteiger partial charge in [-0.25, -0.2) is 0 Å². The van der Waals surface area contributed by atoms with Crippen LogP contribution in [0.3, 0.4) is 0 Å². The molecule has 2 saturated heterocycles. The summed E-state index contributed by atoms with van der Waals surface area (Å²) < 4.78 is 38.7. The topological polar surface area (TPSA) is 35.6 Å². The first kappa shape index (κ1) is 16.5. The molecule has 1 unspecified atom stereocenters. The Morgan fingerprint density at radius 3 is 2.29 bits per heavy atom. The standard InChI is InChI=1S/C14H24F3N3O/c1-13(2,14(15,16)17)10-19-6-8-20(9-7-19)12(21)11-4-3-5-18-11/h11,18H,3-10H2,1-2H3. The van der Waals surface area contributed by atoms with Crippen molar-refractivity contribution >= 4 is 5.91 Å². The number of carbonyl (C=O) groups is 1. The summed E-state index contributed by atoms with van der Waals surface area (Å²) in [4.78, 5) is 15.8. The summed E-state index contributed by atoms with van der Waals surface area (Å²) >= 11 is 0. The highest BCUT2D eigenvalue weighted by atomic mass is 19.4. The summed E-state index contributed by atoms with van der Waals surface area (Å²) in [5.41, 5.74) is -1.72. The number of hydrogen-bond acceptors (Lipinski definition) is 3. The van der Waals surface area contributed by atoms with Gasteiger partial charge in [0.15, 0.2) is 0 Å². The Hall–Kier alpha value is -0.820. The third-order valence-corrected chi connectivity index (χ3v) is 4.43. The van der Waals surface area contributed by atoms with Gasteiger partial charge < -0.3 is 10.2 Å². The zero-order valence-electron chi connectivity index (χ0n) is 12.7. The van der Waals surface area contributed by atoms with Gasteiger partial charge in [-0.15, -0.1) is 0 Å². The van der Waals surface area contributed by atoms with Crippen LogP contribution < -0.4 is 5.32 Å². The van der Waals surface area contributed by atoms with Crippen LogP contribution in [-0.4, -0.2) is 67.2 Å². The van der Waals surface area contributed by atoms with E-state index in [-0.39, 0.29) is 18.5 Å². The van der Waals surface area contributed by atoms with E-state index in [9.17, 15) is 18.0 Å². The fourth-order valence-electron chi connectivity index (χ4n) is 2.89. The molecule has 1 amide bonds. The van der Waals surface area contributed by atoms with Gasteiger partial charge in [0, 0.05) is 32.7 Å². The predicted molar refractivity (Wildman–Crippen MR) is 73.9 cm³/mol. The van der Waals surface area contributed by atoms with E-state index in [0.717, 1.165) is 19.4 Å². The van der Waals surface area contributed by atoms with Gasteiger partial charge in [-0.1, -0.05) is 0 Å². The lowest BCUT2D eigenvalue weighted by Crippen LogP contribution is -2.55. The number of alkyl halides is 3. The zero-order chi connectivity index (χ0) is 15.7. The molecule has 2 aliphatic rings. The fourth-order valence-corrected chi connectivity index (χ4v) is 2.89. The lowest BCUT2D eigenvalue weighted by Gasteiger charge is -2.40. The average Bonchev–Trinajstić information content (AvgIpc) is 2.91. The molecule has 0 radical (unpaired) electrons. The summed E-state index contributed by atoms with van der Waals surface area (Å²) in [6.45, 7) is 5.38. The molecule has 0 aromatic heterocycles. The fraction of sp³-hybridized carbons (Fsp3) is 0.929. The summed E-state index contributed by atoms with van der Waals surface area (Å²) in [6, 6.07) is -0.0943. The van der Waals surface area contributed by atoms with Crippen LogP contribution >= 0.6 is 0 Å². The summed E-state index contributed by atoms with van der Waals surface area (Å²) in [5.74, 6) is 0.0993. The van der Waals surface area contributed by atoms with Crippen LogP contribution in [0.1, 0.15) is 26.7 Å². The van der Waals surface area contributed by atoms with Crippen LogP contribution in [0.2, 0.25) is 0 Å². The molecule has 122 valence electrons. The number of nitrogens with one attached hydrogen (secondary N) is 1.